The van der Waals surface area contributed by atoms with Gasteiger partial charge in [-0.25, -0.2) is 0 Å². The fourth-order valence-electron chi connectivity index (χ4n) is 8.97. The van der Waals surface area contributed by atoms with Crippen molar-refractivity contribution < 1.29 is 9.53 Å². The van der Waals surface area contributed by atoms with Crippen LogP contribution in [0.4, 0.5) is 0 Å². The van der Waals surface area contributed by atoms with Crippen LogP contribution in [0.3, 0.4) is 0 Å². The number of nitrogens with two attached hydrogens (primary N) is 1. The SMILES string of the molecule is CCOC[C@]12CC3CC(C(=O)NC4CC5(CC(N)C5)C4)(C1)C[C@]3(c1ccccc1)C2. The summed E-state index contributed by atoms with van der Waals surface area (Å²) in [4.78, 5) is 13.7. The lowest BCUT2D eigenvalue weighted by molar-refractivity contribution is -0.141. The van der Waals surface area contributed by atoms with Gasteiger partial charge in [-0.15, -0.1) is 0 Å². The molecule has 6 fully saturated rings. The third-order valence-corrected chi connectivity index (χ3v) is 9.68. The Balaban J connectivity index is 1.25. The number of ether oxygens (including phenoxy) is 1. The smallest absolute Gasteiger partial charge is 0.226 e. The molecule has 0 heterocycles. The number of rotatable bonds is 6. The molecule has 1 amide bonds. The second kappa shape index (κ2) is 6.32. The van der Waals surface area contributed by atoms with Crippen LogP contribution in [0.15, 0.2) is 30.3 Å². The molecule has 4 heteroatoms. The first-order valence-corrected chi connectivity index (χ1v) is 12.1. The first-order valence-electron chi connectivity index (χ1n) is 12.1. The Labute approximate surface area is 180 Å². The number of carbonyl (C=O) groups is 1. The van der Waals surface area contributed by atoms with Crippen molar-refractivity contribution in [3.63, 3.8) is 0 Å². The highest BCUT2D eigenvalue weighted by Crippen LogP contribution is 2.75. The molecule has 1 aromatic carbocycles. The Kier molecular flexibility index (Phi) is 4.07. The first kappa shape index (κ1) is 19.3. The van der Waals surface area contributed by atoms with Gasteiger partial charge in [0.05, 0.1) is 12.0 Å². The van der Waals surface area contributed by atoms with Gasteiger partial charge in [-0.2, -0.15) is 0 Å². The Morgan fingerprint density at radius 3 is 2.53 bits per heavy atom. The molecule has 6 aliphatic rings. The van der Waals surface area contributed by atoms with Crippen molar-refractivity contribution >= 4 is 5.91 Å². The number of carbonyl (C=O) groups excluding carboxylic acids is 1. The molecule has 0 aliphatic heterocycles. The van der Waals surface area contributed by atoms with Crippen molar-refractivity contribution in [1.82, 2.24) is 5.32 Å². The van der Waals surface area contributed by atoms with Crippen molar-refractivity contribution in [3.8, 4) is 0 Å². The molecule has 3 N–H and O–H groups in total. The van der Waals surface area contributed by atoms with Crippen LogP contribution in [-0.4, -0.2) is 31.2 Å². The van der Waals surface area contributed by atoms with Gasteiger partial charge in [0.15, 0.2) is 0 Å². The van der Waals surface area contributed by atoms with E-state index in [0.29, 0.717) is 29.3 Å². The van der Waals surface area contributed by atoms with Gasteiger partial charge in [0.25, 0.3) is 0 Å². The molecule has 4 atom stereocenters. The predicted molar refractivity (Wildman–Crippen MR) is 117 cm³/mol. The third kappa shape index (κ3) is 2.62. The predicted octanol–water partition coefficient (Wildman–Crippen LogP) is 3.93. The number of hydrogen-bond acceptors (Lipinski definition) is 3. The molecule has 7 rings (SSSR count). The summed E-state index contributed by atoms with van der Waals surface area (Å²) in [7, 11) is 0. The largest absolute Gasteiger partial charge is 0.381 e. The highest BCUT2D eigenvalue weighted by Gasteiger charge is 2.71. The number of amides is 1. The number of hydrogen-bond donors (Lipinski definition) is 2. The van der Waals surface area contributed by atoms with E-state index in [0.717, 1.165) is 58.2 Å². The van der Waals surface area contributed by atoms with E-state index in [4.69, 9.17) is 10.5 Å². The summed E-state index contributed by atoms with van der Waals surface area (Å²) in [5.41, 5.74) is 8.07. The van der Waals surface area contributed by atoms with Gasteiger partial charge in [-0.3, -0.25) is 4.79 Å². The Hall–Kier alpha value is -1.39. The van der Waals surface area contributed by atoms with Crippen molar-refractivity contribution in [2.24, 2.45) is 27.9 Å². The molecule has 30 heavy (non-hydrogen) atoms. The van der Waals surface area contributed by atoms with E-state index in [2.05, 4.69) is 42.6 Å². The van der Waals surface area contributed by atoms with E-state index in [-0.39, 0.29) is 16.2 Å². The molecule has 162 valence electrons. The molecule has 0 aromatic heterocycles. The third-order valence-electron chi connectivity index (χ3n) is 9.68. The average Bonchev–Trinajstić information content (AvgIpc) is 3.06. The number of benzene rings is 1. The second-order valence-corrected chi connectivity index (χ2v) is 11.8. The molecular weight excluding hydrogens is 372 g/mol. The first-order chi connectivity index (χ1) is 14.4. The van der Waals surface area contributed by atoms with Crippen LogP contribution in [-0.2, 0) is 14.9 Å². The van der Waals surface area contributed by atoms with Gasteiger partial charge in [0.1, 0.15) is 0 Å². The minimum absolute atomic E-state index is 0.162. The van der Waals surface area contributed by atoms with Gasteiger partial charge in [0, 0.05) is 18.7 Å². The maximum absolute atomic E-state index is 13.7. The van der Waals surface area contributed by atoms with E-state index < -0.39 is 0 Å². The van der Waals surface area contributed by atoms with Crippen molar-refractivity contribution in [1.29, 1.82) is 0 Å². The summed E-state index contributed by atoms with van der Waals surface area (Å²) in [6.45, 7) is 3.66. The summed E-state index contributed by atoms with van der Waals surface area (Å²) in [5.74, 6) is 0.950. The van der Waals surface area contributed by atoms with Crippen LogP contribution < -0.4 is 11.1 Å². The number of nitrogens with one attached hydrogen (secondary N) is 1. The lowest BCUT2D eigenvalue weighted by atomic mass is 9.52. The Morgan fingerprint density at radius 1 is 1.07 bits per heavy atom. The van der Waals surface area contributed by atoms with Crippen LogP contribution in [0.5, 0.6) is 0 Å². The molecule has 2 unspecified atom stereocenters. The van der Waals surface area contributed by atoms with Crippen molar-refractivity contribution in [3.05, 3.63) is 35.9 Å². The lowest BCUT2D eigenvalue weighted by Gasteiger charge is -2.57. The van der Waals surface area contributed by atoms with Gasteiger partial charge < -0.3 is 15.8 Å². The van der Waals surface area contributed by atoms with E-state index in [1.54, 1.807) is 0 Å². The fraction of sp³-hybridized carbons (Fsp3) is 0.731. The minimum Gasteiger partial charge on any atom is -0.381 e. The van der Waals surface area contributed by atoms with Crippen LogP contribution in [0.1, 0.15) is 70.3 Å². The topological polar surface area (TPSA) is 64.3 Å². The minimum atomic E-state index is -0.202. The molecular formula is C26H36N2O2. The van der Waals surface area contributed by atoms with E-state index >= 15 is 0 Å². The molecule has 0 radical (unpaired) electrons. The summed E-state index contributed by atoms with van der Waals surface area (Å²) in [5, 5.41) is 3.51. The van der Waals surface area contributed by atoms with Crippen LogP contribution in [0, 0.1) is 22.2 Å². The molecule has 4 bridgehead atoms. The average molecular weight is 409 g/mol. The zero-order chi connectivity index (χ0) is 20.6. The second-order valence-electron chi connectivity index (χ2n) is 11.8. The molecule has 6 saturated carbocycles. The summed E-state index contributed by atoms with van der Waals surface area (Å²) >= 11 is 0. The quantitative estimate of drug-likeness (QED) is 0.750. The zero-order valence-electron chi connectivity index (χ0n) is 18.3. The lowest BCUT2D eigenvalue weighted by Crippen LogP contribution is -2.61. The Bertz CT molecular complexity index is 842. The van der Waals surface area contributed by atoms with E-state index in [1.165, 1.54) is 18.4 Å². The summed E-state index contributed by atoms with van der Waals surface area (Å²) in [6.07, 6.45) is 10.1. The molecule has 1 spiro atoms. The summed E-state index contributed by atoms with van der Waals surface area (Å²) in [6, 6.07) is 11.8. The molecule has 4 nitrogen and oxygen atoms in total. The van der Waals surface area contributed by atoms with Gasteiger partial charge >= 0.3 is 0 Å². The maximum Gasteiger partial charge on any atom is 0.226 e. The normalized spacial score (nSPS) is 47.9. The Morgan fingerprint density at radius 2 is 1.83 bits per heavy atom. The van der Waals surface area contributed by atoms with Gasteiger partial charge in [0.2, 0.25) is 5.91 Å². The zero-order valence-corrected chi connectivity index (χ0v) is 18.3. The van der Waals surface area contributed by atoms with Crippen molar-refractivity contribution in [2.75, 3.05) is 13.2 Å². The monoisotopic (exact) mass is 408 g/mol. The van der Waals surface area contributed by atoms with E-state index in [9.17, 15) is 4.79 Å². The molecule has 6 aliphatic carbocycles. The van der Waals surface area contributed by atoms with Gasteiger partial charge in [-0.05, 0) is 92.4 Å². The fourth-order valence-corrected chi connectivity index (χ4v) is 8.97. The highest BCUT2D eigenvalue weighted by molar-refractivity contribution is 5.84. The standard InChI is InChI=1S/C26H36N2O2/c1-2-30-17-24-8-19-9-25(14-24,16-26(19,15-24)18-6-4-3-5-7-18)22(29)28-21-12-23(13-21)10-20(27)11-23/h3-7,19-21H,2,8-17,27H2,1H3,(H,28,29)/t19?,20?,21?,23?,24-,25?,26+/m1/s1. The molecule has 1 aromatic rings. The maximum atomic E-state index is 13.7. The van der Waals surface area contributed by atoms with Crippen molar-refractivity contribution in [2.45, 2.75) is 82.2 Å². The van der Waals surface area contributed by atoms with Gasteiger partial charge in [-0.1, -0.05) is 30.3 Å². The molecule has 0 saturated heterocycles. The van der Waals surface area contributed by atoms with Crippen LogP contribution in [0.25, 0.3) is 0 Å². The van der Waals surface area contributed by atoms with E-state index in [1.807, 2.05) is 0 Å². The van der Waals surface area contributed by atoms with Crippen LogP contribution >= 0.6 is 0 Å². The van der Waals surface area contributed by atoms with Crippen LogP contribution in [0.2, 0.25) is 0 Å². The summed E-state index contributed by atoms with van der Waals surface area (Å²) < 4.78 is 6.00. The highest BCUT2D eigenvalue weighted by atomic mass is 16.5.